The van der Waals surface area contributed by atoms with Crippen molar-refractivity contribution in [2.24, 2.45) is 5.92 Å². The van der Waals surface area contributed by atoms with Crippen LogP contribution in [0.3, 0.4) is 0 Å². The van der Waals surface area contributed by atoms with Crippen LogP contribution in [0.2, 0.25) is 0 Å². The van der Waals surface area contributed by atoms with E-state index in [0.717, 1.165) is 35.0 Å². The lowest BCUT2D eigenvalue weighted by Crippen LogP contribution is -2.33. The fourth-order valence-electron chi connectivity index (χ4n) is 2.32. The number of halogens is 1. The molecule has 3 heteroatoms. The molecule has 0 aromatic heterocycles. The third-order valence-electron chi connectivity index (χ3n) is 3.70. The van der Waals surface area contributed by atoms with Crippen molar-refractivity contribution in [3.8, 4) is 5.75 Å². The van der Waals surface area contributed by atoms with Crippen molar-refractivity contribution in [3.63, 3.8) is 0 Å². The van der Waals surface area contributed by atoms with E-state index in [1.165, 1.54) is 0 Å². The van der Waals surface area contributed by atoms with E-state index in [2.05, 4.69) is 22.9 Å². The molecule has 0 heterocycles. The molecule has 1 unspecified atom stereocenters. The van der Waals surface area contributed by atoms with E-state index in [9.17, 15) is 5.11 Å². The second-order valence-electron chi connectivity index (χ2n) is 4.87. The molecule has 0 bridgehead atoms. The number of aliphatic hydroxyl groups is 1. The van der Waals surface area contributed by atoms with Crippen LogP contribution in [-0.4, -0.2) is 17.8 Å². The molecule has 0 radical (unpaired) electrons. The minimum absolute atomic E-state index is 0.477. The molecular weight excluding hydrogens is 280 g/mol. The maximum atomic E-state index is 10.6. The van der Waals surface area contributed by atoms with E-state index in [-0.39, 0.29) is 0 Å². The second kappa shape index (κ2) is 4.99. The van der Waals surface area contributed by atoms with E-state index in [1.807, 2.05) is 18.2 Å². The number of hydrogen-bond donors (Lipinski definition) is 1. The summed E-state index contributed by atoms with van der Waals surface area (Å²) in [5.74, 6) is 1.32. The minimum atomic E-state index is -0.547. The van der Waals surface area contributed by atoms with Gasteiger partial charge in [0.1, 0.15) is 5.75 Å². The molecule has 94 valence electrons. The van der Waals surface area contributed by atoms with Crippen molar-refractivity contribution < 1.29 is 9.84 Å². The normalized spacial score (nSPS) is 18.8. The van der Waals surface area contributed by atoms with Crippen LogP contribution in [0, 0.1) is 5.92 Å². The maximum absolute atomic E-state index is 10.6. The van der Waals surface area contributed by atoms with Crippen LogP contribution in [-0.2, 0) is 6.42 Å². The van der Waals surface area contributed by atoms with Crippen LogP contribution in [0.25, 0.3) is 0 Å². The largest absolute Gasteiger partial charge is 0.497 e. The van der Waals surface area contributed by atoms with Crippen molar-refractivity contribution in [1.29, 1.82) is 0 Å². The maximum Gasteiger partial charge on any atom is 0.119 e. The summed E-state index contributed by atoms with van der Waals surface area (Å²) in [5, 5.41) is 10.6. The molecule has 1 aliphatic carbocycles. The van der Waals surface area contributed by atoms with E-state index in [1.54, 1.807) is 7.11 Å². The summed E-state index contributed by atoms with van der Waals surface area (Å²) in [6, 6.07) is 5.92. The van der Waals surface area contributed by atoms with E-state index in [0.29, 0.717) is 12.3 Å². The Morgan fingerprint density at radius 3 is 2.71 bits per heavy atom. The van der Waals surface area contributed by atoms with Gasteiger partial charge in [0.2, 0.25) is 0 Å². The third kappa shape index (κ3) is 2.83. The summed E-state index contributed by atoms with van der Waals surface area (Å²) in [4.78, 5) is 0. The molecular formula is C14H19BrO2. The van der Waals surface area contributed by atoms with Crippen molar-refractivity contribution in [1.82, 2.24) is 0 Å². The molecule has 1 atom stereocenters. The molecule has 0 amide bonds. The van der Waals surface area contributed by atoms with Crippen LogP contribution in [0.15, 0.2) is 22.7 Å². The summed E-state index contributed by atoms with van der Waals surface area (Å²) in [7, 11) is 1.67. The second-order valence-corrected chi connectivity index (χ2v) is 5.72. The van der Waals surface area contributed by atoms with Gasteiger partial charge in [0.05, 0.1) is 12.7 Å². The number of benzene rings is 1. The number of rotatable bonds is 5. The predicted molar refractivity (Wildman–Crippen MR) is 72.4 cm³/mol. The van der Waals surface area contributed by atoms with Gasteiger partial charge in [-0.1, -0.05) is 22.9 Å². The fourth-order valence-corrected chi connectivity index (χ4v) is 2.71. The third-order valence-corrected chi connectivity index (χ3v) is 4.47. The number of hydrogen-bond acceptors (Lipinski definition) is 2. The zero-order valence-corrected chi connectivity index (χ0v) is 12.0. The first kappa shape index (κ1) is 12.9. The molecule has 1 aromatic rings. The lowest BCUT2D eigenvalue weighted by atomic mass is 9.87. The highest BCUT2D eigenvalue weighted by atomic mass is 79.9. The Kier molecular flexibility index (Phi) is 3.79. The SMILES string of the molecule is CCC(O)(Cc1cc(OC)ccc1Br)C1CC1. The van der Waals surface area contributed by atoms with E-state index < -0.39 is 5.60 Å². The van der Waals surface area contributed by atoms with Crippen molar-refractivity contribution in [2.45, 2.75) is 38.2 Å². The lowest BCUT2D eigenvalue weighted by molar-refractivity contribution is 0.0137. The molecule has 1 aliphatic rings. The van der Waals surface area contributed by atoms with Crippen LogP contribution in [0.1, 0.15) is 31.7 Å². The average Bonchev–Trinajstić information content (AvgIpc) is 3.16. The number of ether oxygens (including phenoxy) is 1. The molecule has 2 nitrogen and oxygen atoms in total. The van der Waals surface area contributed by atoms with Gasteiger partial charge in [-0.3, -0.25) is 0 Å². The number of methoxy groups -OCH3 is 1. The van der Waals surface area contributed by atoms with Crippen LogP contribution in [0.5, 0.6) is 5.75 Å². The molecule has 1 saturated carbocycles. The van der Waals surface area contributed by atoms with Gasteiger partial charge >= 0.3 is 0 Å². The standard InChI is InChI=1S/C14H19BrO2/c1-3-14(16,11-4-5-11)9-10-8-12(17-2)6-7-13(10)15/h6-8,11,16H,3-5,9H2,1-2H3. The summed E-state index contributed by atoms with van der Waals surface area (Å²) in [5.41, 5.74) is 0.579. The van der Waals surface area contributed by atoms with Crippen LogP contribution < -0.4 is 4.74 Å². The Morgan fingerprint density at radius 1 is 1.47 bits per heavy atom. The van der Waals surface area contributed by atoms with Gasteiger partial charge in [-0.2, -0.15) is 0 Å². The first-order chi connectivity index (χ1) is 8.09. The monoisotopic (exact) mass is 298 g/mol. The Morgan fingerprint density at radius 2 is 2.18 bits per heavy atom. The van der Waals surface area contributed by atoms with Gasteiger partial charge in [-0.15, -0.1) is 0 Å². The molecule has 0 aliphatic heterocycles. The molecule has 0 saturated heterocycles. The van der Waals surface area contributed by atoms with Crippen LogP contribution in [0.4, 0.5) is 0 Å². The van der Waals surface area contributed by atoms with Crippen molar-refractivity contribution in [3.05, 3.63) is 28.2 Å². The Balaban J connectivity index is 2.21. The van der Waals surface area contributed by atoms with E-state index in [4.69, 9.17) is 4.74 Å². The van der Waals surface area contributed by atoms with Crippen LogP contribution >= 0.6 is 15.9 Å². The molecule has 17 heavy (non-hydrogen) atoms. The summed E-state index contributed by atoms with van der Waals surface area (Å²) >= 11 is 3.54. The minimum Gasteiger partial charge on any atom is -0.497 e. The quantitative estimate of drug-likeness (QED) is 0.901. The molecule has 1 N–H and O–H groups in total. The highest BCUT2D eigenvalue weighted by molar-refractivity contribution is 9.10. The smallest absolute Gasteiger partial charge is 0.119 e. The highest BCUT2D eigenvalue weighted by Gasteiger charge is 2.42. The van der Waals surface area contributed by atoms with E-state index >= 15 is 0 Å². The van der Waals surface area contributed by atoms with Gasteiger partial charge in [0.15, 0.2) is 0 Å². The Labute approximate surface area is 111 Å². The van der Waals surface area contributed by atoms with Crippen molar-refractivity contribution >= 4 is 15.9 Å². The average molecular weight is 299 g/mol. The zero-order chi connectivity index (χ0) is 12.5. The first-order valence-electron chi connectivity index (χ1n) is 6.14. The Hall–Kier alpha value is -0.540. The van der Waals surface area contributed by atoms with Gasteiger partial charge in [-0.25, -0.2) is 0 Å². The lowest BCUT2D eigenvalue weighted by Gasteiger charge is -2.27. The molecule has 0 spiro atoms. The summed E-state index contributed by atoms with van der Waals surface area (Å²) in [6.07, 6.45) is 3.82. The topological polar surface area (TPSA) is 29.5 Å². The molecule has 1 fully saturated rings. The Bertz CT molecular complexity index is 401. The first-order valence-corrected chi connectivity index (χ1v) is 6.93. The molecule has 1 aromatic carbocycles. The zero-order valence-electron chi connectivity index (χ0n) is 10.4. The summed E-state index contributed by atoms with van der Waals surface area (Å²) in [6.45, 7) is 2.06. The predicted octanol–water partition coefficient (Wildman–Crippen LogP) is 3.55. The highest BCUT2D eigenvalue weighted by Crippen LogP contribution is 2.44. The van der Waals surface area contributed by atoms with Crippen molar-refractivity contribution in [2.75, 3.05) is 7.11 Å². The molecule has 2 rings (SSSR count). The van der Waals surface area contributed by atoms with Gasteiger partial charge < -0.3 is 9.84 Å². The van der Waals surface area contributed by atoms with Gasteiger partial charge in [-0.05, 0) is 48.9 Å². The summed E-state index contributed by atoms with van der Waals surface area (Å²) < 4.78 is 6.28. The van der Waals surface area contributed by atoms with Gasteiger partial charge in [0.25, 0.3) is 0 Å². The van der Waals surface area contributed by atoms with Gasteiger partial charge in [0, 0.05) is 10.9 Å². The fraction of sp³-hybridized carbons (Fsp3) is 0.571.